The van der Waals surface area contributed by atoms with Gasteiger partial charge in [0.25, 0.3) is 5.79 Å². The van der Waals surface area contributed by atoms with Gasteiger partial charge in [-0.05, 0) is 18.2 Å². The first-order valence-corrected chi connectivity index (χ1v) is 4.51. The molecule has 1 heterocycles. The molecule has 0 aromatic heterocycles. The summed E-state index contributed by atoms with van der Waals surface area (Å²) in [7, 11) is 0. The fourth-order valence-corrected chi connectivity index (χ4v) is 1.35. The summed E-state index contributed by atoms with van der Waals surface area (Å²) in [4.78, 5) is 0. The van der Waals surface area contributed by atoms with Crippen molar-refractivity contribution in [3.05, 3.63) is 42.5 Å². The van der Waals surface area contributed by atoms with Gasteiger partial charge in [-0.1, -0.05) is 24.3 Å². The number of aliphatic hydroxyl groups excluding tert-OH is 1. The van der Waals surface area contributed by atoms with E-state index in [1.165, 1.54) is 0 Å². The Kier molecular flexibility index (Phi) is 2.52. The summed E-state index contributed by atoms with van der Waals surface area (Å²) < 4.78 is 10.9. The van der Waals surface area contributed by atoms with Crippen molar-refractivity contribution in [1.82, 2.24) is 0 Å². The molecule has 2 rings (SSSR count). The van der Waals surface area contributed by atoms with E-state index in [1.54, 1.807) is 6.08 Å². The van der Waals surface area contributed by atoms with Crippen LogP contribution in [0.2, 0.25) is 0 Å². The number of para-hydroxylation sites is 1. The number of rotatable bonds is 3. The fourth-order valence-electron chi connectivity index (χ4n) is 1.35. The summed E-state index contributed by atoms with van der Waals surface area (Å²) in [5.41, 5.74) is 0. The van der Waals surface area contributed by atoms with Crippen molar-refractivity contribution >= 4 is 0 Å². The third kappa shape index (κ3) is 1.78. The summed E-state index contributed by atoms with van der Waals surface area (Å²) in [6.07, 6.45) is 3.57. The SMILES string of the molecule is OCC1(Oc2ccccc2)C=CCO1. The van der Waals surface area contributed by atoms with Crippen molar-refractivity contribution in [1.29, 1.82) is 0 Å². The van der Waals surface area contributed by atoms with Crippen molar-refractivity contribution in [2.24, 2.45) is 0 Å². The predicted molar refractivity (Wildman–Crippen MR) is 52.0 cm³/mol. The molecule has 0 saturated heterocycles. The maximum Gasteiger partial charge on any atom is 0.254 e. The highest BCUT2D eigenvalue weighted by atomic mass is 16.7. The highest BCUT2D eigenvalue weighted by molar-refractivity contribution is 5.23. The second-order valence-corrected chi connectivity index (χ2v) is 3.10. The molecular formula is C11H12O3. The Morgan fingerprint density at radius 2 is 2.14 bits per heavy atom. The summed E-state index contributed by atoms with van der Waals surface area (Å²) in [6.45, 7) is 0.297. The maximum atomic E-state index is 9.18. The van der Waals surface area contributed by atoms with Crippen molar-refractivity contribution in [2.45, 2.75) is 5.79 Å². The minimum atomic E-state index is -0.985. The van der Waals surface area contributed by atoms with Crippen LogP contribution in [-0.2, 0) is 4.74 Å². The van der Waals surface area contributed by atoms with Crippen molar-refractivity contribution in [2.75, 3.05) is 13.2 Å². The van der Waals surface area contributed by atoms with Gasteiger partial charge in [-0.25, -0.2) is 0 Å². The lowest BCUT2D eigenvalue weighted by atomic mass is 10.3. The maximum absolute atomic E-state index is 9.18. The summed E-state index contributed by atoms with van der Waals surface area (Å²) in [5, 5.41) is 9.18. The molecule has 3 heteroatoms. The molecule has 0 bridgehead atoms. The number of benzene rings is 1. The lowest BCUT2D eigenvalue weighted by Gasteiger charge is -2.25. The average molecular weight is 192 g/mol. The van der Waals surface area contributed by atoms with Gasteiger partial charge in [0.1, 0.15) is 12.4 Å². The summed E-state index contributed by atoms with van der Waals surface area (Å²) in [5.74, 6) is -0.297. The quantitative estimate of drug-likeness (QED) is 0.734. The highest BCUT2D eigenvalue weighted by Crippen LogP contribution is 2.23. The first-order valence-electron chi connectivity index (χ1n) is 4.51. The van der Waals surface area contributed by atoms with Gasteiger partial charge >= 0.3 is 0 Å². The van der Waals surface area contributed by atoms with Crippen LogP contribution in [0.5, 0.6) is 5.75 Å². The molecule has 0 spiro atoms. The molecule has 0 aliphatic carbocycles. The standard InChI is InChI=1S/C11H12O3/c12-9-11(7-4-8-13-11)14-10-5-2-1-3-6-10/h1-7,12H,8-9H2. The van der Waals surface area contributed by atoms with Crippen LogP contribution in [0.1, 0.15) is 0 Å². The van der Waals surface area contributed by atoms with Crippen LogP contribution in [0.4, 0.5) is 0 Å². The summed E-state index contributed by atoms with van der Waals surface area (Å²) in [6, 6.07) is 9.31. The Bertz CT molecular complexity index is 321. The minimum Gasteiger partial charge on any atom is -0.456 e. The molecule has 0 radical (unpaired) electrons. The molecule has 1 aromatic carbocycles. The first kappa shape index (κ1) is 9.24. The molecule has 1 N–H and O–H groups in total. The molecule has 1 aliphatic heterocycles. The molecule has 1 aromatic rings. The largest absolute Gasteiger partial charge is 0.456 e. The van der Waals surface area contributed by atoms with Crippen molar-refractivity contribution in [3.63, 3.8) is 0 Å². The Labute approximate surface area is 82.6 Å². The molecule has 0 fully saturated rings. The number of ether oxygens (including phenoxy) is 2. The number of aliphatic hydroxyl groups is 1. The van der Waals surface area contributed by atoms with E-state index in [0.29, 0.717) is 12.4 Å². The van der Waals surface area contributed by atoms with E-state index in [-0.39, 0.29) is 6.61 Å². The molecular weight excluding hydrogens is 180 g/mol. The zero-order valence-electron chi connectivity index (χ0n) is 7.72. The first-order chi connectivity index (χ1) is 6.85. The van der Waals surface area contributed by atoms with E-state index in [0.717, 1.165) is 0 Å². The van der Waals surface area contributed by atoms with E-state index in [4.69, 9.17) is 9.47 Å². The molecule has 1 aliphatic rings. The van der Waals surface area contributed by atoms with Gasteiger partial charge in [-0.15, -0.1) is 0 Å². The zero-order chi connectivity index (χ0) is 9.86. The van der Waals surface area contributed by atoms with Gasteiger partial charge in [0.15, 0.2) is 0 Å². The van der Waals surface area contributed by atoms with Crippen molar-refractivity contribution in [3.8, 4) is 5.75 Å². The van der Waals surface area contributed by atoms with Crippen molar-refractivity contribution < 1.29 is 14.6 Å². The van der Waals surface area contributed by atoms with Crippen LogP contribution in [-0.4, -0.2) is 24.1 Å². The van der Waals surface area contributed by atoms with Gasteiger partial charge < -0.3 is 14.6 Å². The Morgan fingerprint density at radius 1 is 1.36 bits per heavy atom. The molecule has 0 amide bonds. The van der Waals surface area contributed by atoms with Crippen LogP contribution in [0.25, 0.3) is 0 Å². The van der Waals surface area contributed by atoms with Gasteiger partial charge in [0, 0.05) is 0 Å². The van der Waals surface area contributed by atoms with Gasteiger partial charge in [0.2, 0.25) is 0 Å². The third-order valence-electron chi connectivity index (χ3n) is 2.05. The van der Waals surface area contributed by atoms with Crippen LogP contribution in [0, 0.1) is 0 Å². The Morgan fingerprint density at radius 3 is 2.71 bits per heavy atom. The van der Waals surface area contributed by atoms with Crippen LogP contribution in [0.15, 0.2) is 42.5 Å². The summed E-state index contributed by atoms with van der Waals surface area (Å²) >= 11 is 0. The highest BCUT2D eigenvalue weighted by Gasteiger charge is 2.32. The third-order valence-corrected chi connectivity index (χ3v) is 2.05. The molecule has 74 valence electrons. The van der Waals surface area contributed by atoms with Crippen LogP contribution < -0.4 is 4.74 Å². The molecule has 1 unspecified atom stereocenters. The van der Waals surface area contributed by atoms with E-state index in [1.807, 2.05) is 36.4 Å². The fraction of sp³-hybridized carbons (Fsp3) is 0.273. The monoisotopic (exact) mass is 192 g/mol. The predicted octanol–water partition coefficient (Wildman–Crippen LogP) is 1.34. The second kappa shape index (κ2) is 3.82. The van der Waals surface area contributed by atoms with Gasteiger partial charge in [-0.2, -0.15) is 0 Å². The van der Waals surface area contributed by atoms with E-state index >= 15 is 0 Å². The van der Waals surface area contributed by atoms with Gasteiger partial charge in [0.05, 0.1) is 6.61 Å². The minimum absolute atomic E-state index is 0.182. The number of hydrogen-bond acceptors (Lipinski definition) is 3. The molecule has 14 heavy (non-hydrogen) atoms. The molecule has 1 atom stereocenters. The Balaban J connectivity index is 2.13. The van der Waals surface area contributed by atoms with Gasteiger partial charge in [-0.3, -0.25) is 0 Å². The number of hydrogen-bond donors (Lipinski definition) is 1. The van der Waals surface area contributed by atoms with E-state index < -0.39 is 5.79 Å². The van der Waals surface area contributed by atoms with Crippen LogP contribution >= 0.6 is 0 Å². The smallest absolute Gasteiger partial charge is 0.254 e. The Hall–Kier alpha value is -1.32. The van der Waals surface area contributed by atoms with E-state index in [2.05, 4.69) is 0 Å². The average Bonchev–Trinajstić information content (AvgIpc) is 2.69. The lowest BCUT2D eigenvalue weighted by molar-refractivity contribution is -0.151. The van der Waals surface area contributed by atoms with Crippen LogP contribution in [0.3, 0.4) is 0 Å². The lowest BCUT2D eigenvalue weighted by Crippen LogP contribution is -2.38. The molecule has 3 nitrogen and oxygen atoms in total. The zero-order valence-corrected chi connectivity index (χ0v) is 7.72. The topological polar surface area (TPSA) is 38.7 Å². The van der Waals surface area contributed by atoms with E-state index in [9.17, 15) is 5.11 Å². The molecule has 0 saturated carbocycles. The second-order valence-electron chi connectivity index (χ2n) is 3.10. The normalized spacial score (nSPS) is 25.2.